The first-order valence-corrected chi connectivity index (χ1v) is 7.43. The second-order valence-electron chi connectivity index (χ2n) is 6.81. The third-order valence-corrected chi connectivity index (χ3v) is 5.60. The van der Waals surface area contributed by atoms with Crippen molar-refractivity contribution < 1.29 is 5.11 Å². The van der Waals surface area contributed by atoms with Gasteiger partial charge in [0.1, 0.15) is 0 Å². The van der Waals surface area contributed by atoms with Crippen molar-refractivity contribution in [1.82, 2.24) is 0 Å². The van der Waals surface area contributed by atoms with E-state index < -0.39 is 0 Å². The summed E-state index contributed by atoms with van der Waals surface area (Å²) in [5, 5.41) is 10.9. The molecule has 0 radical (unpaired) electrons. The first kappa shape index (κ1) is 11.1. The van der Waals surface area contributed by atoms with Crippen LogP contribution in [0, 0.1) is 23.7 Å². The van der Waals surface area contributed by atoms with Gasteiger partial charge in [-0.15, -0.1) is 0 Å². The monoisotopic (exact) mass is 222 g/mol. The lowest BCUT2D eigenvalue weighted by molar-refractivity contribution is -0.173. The van der Waals surface area contributed by atoms with Gasteiger partial charge in [-0.05, 0) is 62.2 Å². The van der Waals surface area contributed by atoms with Gasteiger partial charge < -0.3 is 5.11 Å². The molecule has 0 aromatic heterocycles. The molecule has 1 nitrogen and oxygen atoms in total. The molecule has 4 fully saturated rings. The van der Waals surface area contributed by atoms with Crippen LogP contribution in [-0.2, 0) is 0 Å². The molecule has 2 unspecified atom stereocenters. The van der Waals surface area contributed by atoms with Crippen molar-refractivity contribution in [2.75, 3.05) is 0 Å². The summed E-state index contributed by atoms with van der Waals surface area (Å²) < 4.78 is 0. The Kier molecular flexibility index (Phi) is 2.78. The summed E-state index contributed by atoms with van der Waals surface area (Å²) in [5.74, 6) is 3.30. The lowest BCUT2D eigenvalue weighted by Gasteiger charge is -2.59. The molecule has 4 aliphatic carbocycles. The van der Waals surface area contributed by atoms with Crippen molar-refractivity contribution in [2.24, 2.45) is 23.7 Å². The van der Waals surface area contributed by atoms with E-state index in [1.807, 2.05) is 0 Å². The number of hydrogen-bond acceptors (Lipinski definition) is 1. The van der Waals surface area contributed by atoms with Gasteiger partial charge in [-0.1, -0.05) is 26.2 Å². The molecule has 0 amide bonds. The normalized spacial score (nSPS) is 49.9. The Balaban J connectivity index is 1.69. The van der Waals surface area contributed by atoms with Crippen LogP contribution in [0.3, 0.4) is 0 Å². The van der Waals surface area contributed by atoms with E-state index >= 15 is 0 Å². The van der Waals surface area contributed by atoms with Gasteiger partial charge in [0.2, 0.25) is 0 Å². The lowest BCUT2D eigenvalue weighted by atomic mass is 9.49. The highest BCUT2D eigenvalue weighted by Gasteiger charge is 2.55. The zero-order valence-corrected chi connectivity index (χ0v) is 10.6. The Hall–Kier alpha value is -0.0400. The molecule has 4 bridgehead atoms. The van der Waals surface area contributed by atoms with E-state index in [4.69, 9.17) is 0 Å². The van der Waals surface area contributed by atoms with Crippen molar-refractivity contribution in [3.8, 4) is 0 Å². The van der Waals surface area contributed by atoms with E-state index in [1.165, 1.54) is 44.9 Å². The van der Waals surface area contributed by atoms with E-state index in [-0.39, 0.29) is 5.60 Å². The second-order valence-corrected chi connectivity index (χ2v) is 6.81. The van der Waals surface area contributed by atoms with Crippen molar-refractivity contribution in [2.45, 2.75) is 70.3 Å². The maximum Gasteiger partial charge on any atom is 0.0683 e. The van der Waals surface area contributed by atoms with E-state index in [2.05, 4.69) is 6.92 Å². The highest BCUT2D eigenvalue weighted by molar-refractivity contribution is 5.06. The summed E-state index contributed by atoms with van der Waals surface area (Å²) in [6, 6.07) is 0. The highest BCUT2D eigenvalue weighted by Crippen LogP contribution is 2.59. The van der Waals surface area contributed by atoms with Crippen LogP contribution in [0.25, 0.3) is 0 Å². The molecule has 0 heterocycles. The lowest BCUT2D eigenvalue weighted by Crippen LogP contribution is -2.57. The first-order chi connectivity index (χ1) is 7.71. The Morgan fingerprint density at radius 1 is 1.06 bits per heavy atom. The van der Waals surface area contributed by atoms with Gasteiger partial charge in [0.05, 0.1) is 5.60 Å². The number of aliphatic hydroxyl groups is 1. The molecular weight excluding hydrogens is 196 g/mol. The zero-order valence-electron chi connectivity index (χ0n) is 10.6. The minimum absolute atomic E-state index is 0.234. The van der Waals surface area contributed by atoms with Crippen LogP contribution in [-0.4, -0.2) is 10.7 Å². The molecule has 5 atom stereocenters. The summed E-state index contributed by atoms with van der Waals surface area (Å²) >= 11 is 0. The molecule has 0 aliphatic heterocycles. The smallest absolute Gasteiger partial charge is 0.0683 e. The molecule has 1 heteroatoms. The van der Waals surface area contributed by atoms with Gasteiger partial charge in [-0.2, -0.15) is 0 Å². The largest absolute Gasteiger partial charge is 0.390 e. The number of unbranched alkanes of at least 4 members (excludes halogenated alkanes) is 2. The third kappa shape index (κ3) is 1.72. The summed E-state index contributed by atoms with van der Waals surface area (Å²) in [6.07, 6.45) is 11.9. The van der Waals surface area contributed by atoms with Gasteiger partial charge in [0.15, 0.2) is 0 Å². The van der Waals surface area contributed by atoms with E-state index in [9.17, 15) is 5.11 Å². The standard InChI is InChI=1S/C15H26O/c1-2-3-4-5-14-13-7-11-6-12(8-13)10-15(14,16)9-11/h11-14,16H,2-10H2,1H3/t11-,12+,13?,14-,15?/m0/s1. The highest BCUT2D eigenvalue weighted by atomic mass is 16.3. The second kappa shape index (κ2) is 4.01. The van der Waals surface area contributed by atoms with E-state index in [1.54, 1.807) is 0 Å². The van der Waals surface area contributed by atoms with Gasteiger partial charge >= 0.3 is 0 Å². The van der Waals surface area contributed by atoms with Crippen LogP contribution in [0.15, 0.2) is 0 Å². The molecule has 0 saturated heterocycles. The van der Waals surface area contributed by atoms with Crippen molar-refractivity contribution in [1.29, 1.82) is 0 Å². The molecule has 92 valence electrons. The third-order valence-electron chi connectivity index (χ3n) is 5.60. The number of rotatable bonds is 4. The van der Waals surface area contributed by atoms with Gasteiger partial charge in [-0.25, -0.2) is 0 Å². The molecule has 16 heavy (non-hydrogen) atoms. The predicted octanol–water partition coefficient (Wildman–Crippen LogP) is 3.75. The molecule has 4 rings (SSSR count). The molecule has 0 aromatic carbocycles. The Morgan fingerprint density at radius 2 is 1.75 bits per heavy atom. The summed E-state index contributed by atoms with van der Waals surface area (Å²) in [5.41, 5.74) is -0.234. The maximum absolute atomic E-state index is 10.9. The van der Waals surface area contributed by atoms with Crippen LogP contribution < -0.4 is 0 Å². The van der Waals surface area contributed by atoms with Crippen LogP contribution in [0.4, 0.5) is 0 Å². The average Bonchev–Trinajstić information content (AvgIpc) is 2.20. The van der Waals surface area contributed by atoms with Crippen LogP contribution in [0.2, 0.25) is 0 Å². The van der Waals surface area contributed by atoms with Crippen LogP contribution >= 0.6 is 0 Å². The zero-order chi connectivity index (χ0) is 11.2. The maximum atomic E-state index is 10.9. The summed E-state index contributed by atoms with van der Waals surface area (Å²) in [6.45, 7) is 2.27. The topological polar surface area (TPSA) is 20.2 Å². The van der Waals surface area contributed by atoms with Crippen molar-refractivity contribution >= 4 is 0 Å². The summed E-state index contributed by atoms with van der Waals surface area (Å²) in [7, 11) is 0. The minimum Gasteiger partial charge on any atom is -0.390 e. The van der Waals surface area contributed by atoms with Gasteiger partial charge in [-0.3, -0.25) is 0 Å². The fourth-order valence-electron chi connectivity index (χ4n) is 5.22. The average molecular weight is 222 g/mol. The summed E-state index contributed by atoms with van der Waals surface area (Å²) in [4.78, 5) is 0. The number of hydrogen-bond donors (Lipinski definition) is 1. The molecule has 4 aliphatic rings. The van der Waals surface area contributed by atoms with E-state index in [0.717, 1.165) is 30.6 Å². The molecule has 1 N–H and O–H groups in total. The Labute approximate surface area is 99.6 Å². The minimum atomic E-state index is -0.234. The van der Waals surface area contributed by atoms with Crippen molar-refractivity contribution in [3.05, 3.63) is 0 Å². The van der Waals surface area contributed by atoms with Gasteiger partial charge in [0.25, 0.3) is 0 Å². The molecule has 4 saturated carbocycles. The van der Waals surface area contributed by atoms with Crippen molar-refractivity contribution in [3.63, 3.8) is 0 Å². The molecule has 0 spiro atoms. The van der Waals surface area contributed by atoms with Gasteiger partial charge in [0, 0.05) is 0 Å². The fourth-order valence-corrected chi connectivity index (χ4v) is 5.22. The van der Waals surface area contributed by atoms with Crippen LogP contribution in [0.1, 0.15) is 64.7 Å². The first-order valence-electron chi connectivity index (χ1n) is 7.43. The quantitative estimate of drug-likeness (QED) is 0.718. The predicted molar refractivity (Wildman–Crippen MR) is 66.1 cm³/mol. The van der Waals surface area contributed by atoms with Crippen LogP contribution in [0.5, 0.6) is 0 Å². The molecular formula is C15H26O. The molecule has 0 aromatic rings. The SMILES string of the molecule is CCCCC[C@H]1C2C[C@@H]3C[C@H](C2)CC1(O)C3. The van der Waals surface area contributed by atoms with E-state index in [0.29, 0.717) is 5.92 Å². The Morgan fingerprint density at radius 3 is 2.31 bits per heavy atom. The Bertz CT molecular complexity index is 246. The fraction of sp³-hybridized carbons (Fsp3) is 1.00.